The number of nitriles is 1. The lowest BCUT2D eigenvalue weighted by Gasteiger charge is -2.23. The molecule has 108 valence electrons. The number of anilines is 1. The molecule has 1 aliphatic carbocycles. The zero-order valence-corrected chi connectivity index (χ0v) is 11.6. The van der Waals surface area contributed by atoms with E-state index in [2.05, 4.69) is 16.0 Å². The predicted molar refractivity (Wildman–Crippen MR) is 76.4 cm³/mol. The van der Waals surface area contributed by atoms with Crippen molar-refractivity contribution in [2.75, 3.05) is 5.73 Å². The SMILES string of the molecule is N#Cc1c(OC2CCCCC2)nc(N)nc1-c1ccco1. The molecule has 6 heteroatoms. The van der Waals surface area contributed by atoms with Crippen molar-refractivity contribution in [3.8, 4) is 23.4 Å². The quantitative estimate of drug-likeness (QED) is 0.930. The van der Waals surface area contributed by atoms with Gasteiger partial charge in [-0.15, -0.1) is 0 Å². The molecule has 0 radical (unpaired) electrons. The Kier molecular flexibility index (Phi) is 3.73. The summed E-state index contributed by atoms with van der Waals surface area (Å²) in [4.78, 5) is 8.20. The van der Waals surface area contributed by atoms with Crippen molar-refractivity contribution in [2.24, 2.45) is 0 Å². The lowest BCUT2D eigenvalue weighted by Crippen LogP contribution is -2.21. The van der Waals surface area contributed by atoms with Crippen LogP contribution in [-0.2, 0) is 0 Å². The van der Waals surface area contributed by atoms with Crippen LogP contribution in [0.1, 0.15) is 37.7 Å². The number of hydrogen-bond acceptors (Lipinski definition) is 6. The van der Waals surface area contributed by atoms with Crippen LogP contribution >= 0.6 is 0 Å². The molecule has 2 aromatic heterocycles. The van der Waals surface area contributed by atoms with Gasteiger partial charge in [0, 0.05) is 0 Å². The van der Waals surface area contributed by atoms with Crippen molar-refractivity contribution in [3.63, 3.8) is 0 Å². The molecule has 3 rings (SSSR count). The Morgan fingerprint density at radius 2 is 2.10 bits per heavy atom. The van der Waals surface area contributed by atoms with Gasteiger partial charge in [0.1, 0.15) is 23.4 Å². The molecule has 0 bridgehead atoms. The van der Waals surface area contributed by atoms with Gasteiger partial charge in [-0.1, -0.05) is 6.42 Å². The predicted octanol–water partition coefficient (Wildman–Crippen LogP) is 2.90. The summed E-state index contributed by atoms with van der Waals surface area (Å²) in [6.45, 7) is 0. The molecule has 21 heavy (non-hydrogen) atoms. The van der Waals surface area contributed by atoms with Gasteiger partial charge in [-0.25, -0.2) is 4.98 Å². The Morgan fingerprint density at radius 1 is 1.29 bits per heavy atom. The zero-order chi connectivity index (χ0) is 14.7. The molecule has 0 aromatic carbocycles. The monoisotopic (exact) mass is 284 g/mol. The molecule has 6 nitrogen and oxygen atoms in total. The Balaban J connectivity index is 1.98. The normalized spacial score (nSPS) is 15.6. The van der Waals surface area contributed by atoms with E-state index in [1.807, 2.05) is 0 Å². The van der Waals surface area contributed by atoms with E-state index in [-0.39, 0.29) is 23.5 Å². The van der Waals surface area contributed by atoms with Crippen LogP contribution in [0.25, 0.3) is 11.5 Å². The number of hydrogen-bond donors (Lipinski definition) is 1. The molecular weight excluding hydrogens is 268 g/mol. The second-order valence-electron chi connectivity index (χ2n) is 5.08. The second-order valence-corrected chi connectivity index (χ2v) is 5.08. The van der Waals surface area contributed by atoms with Crippen LogP contribution in [0.3, 0.4) is 0 Å². The van der Waals surface area contributed by atoms with Crippen LogP contribution < -0.4 is 10.5 Å². The highest BCUT2D eigenvalue weighted by Crippen LogP contribution is 2.30. The van der Waals surface area contributed by atoms with Crippen molar-refractivity contribution >= 4 is 5.95 Å². The summed E-state index contributed by atoms with van der Waals surface area (Å²) >= 11 is 0. The van der Waals surface area contributed by atoms with Crippen molar-refractivity contribution < 1.29 is 9.15 Å². The molecule has 0 atom stereocenters. The summed E-state index contributed by atoms with van der Waals surface area (Å²) in [7, 11) is 0. The van der Waals surface area contributed by atoms with Crippen LogP contribution in [0, 0.1) is 11.3 Å². The van der Waals surface area contributed by atoms with Gasteiger partial charge >= 0.3 is 0 Å². The minimum atomic E-state index is 0.0752. The Bertz CT molecular complexity index is 655. The topological polar surface area (TPSA) is 98.0 Å². The first-order valence-corrected chi connectivity index (χ1v) is 7.06. The fourth-order valence-electron chi connectivity index (χ4n) is 2.58. The van der Waals surface area contributed by atoms with Gasteiger partial charge in [-0.2, -0.15) is 10.2 Å². The summed E-state index contributed by atoms with van der Waals surface area (Å²) in [5.41, 5.74) is 6.38. The minimum Gasteiger partial charge on any atom is -0.473 e. The van der Waals surface area contributed by atoms with Crippen molar-refractivity contribution in [1.29, 1.82) is 5.26 Å². The average Bonchev–Trinajstić information content (AvgIpc) is 3.02. The van der Waals surface area contributed by atoms with Crippen LogP contribution in [0.15, 0.2) is 22.8 Å². The van der Waals surface area contributed by atoms with Gasteiger partial charge in [0.2, 0.25) is 11.8 Å². The van der Waals surface area contributed by atoms with E-state index < -0.39 is 0 Å². The fraction of sp³-hybridized carbons (Fsp3) is 0.400. The Morgan fingerprint density at radius 3 is 2.76 bits per heavy atom. The molecular formula is C15H16N4O2. The van der Waals surface area contributed by atoms with Crippen molar-refractivity contribution in [1.82, 2.24) is 9.97 Å². The molecule has 2 heterocycles. The van der Waals surface area contributed by atoms with Gasteiger partial charge < -0.3 is 14.9 Å². The average molecular weight is 284 g/mol. The maximum atomic E-state index is 9.43. The van der Waals surface area contributed by atoms with E-state index in [0.29, 0.717) is 11.5 Å². The van der Waals surface area contributed by atoms with Crippen LogP contribution in [0.4, 0.5) is 5.95 Å². The van der Waals surface area contributed by atoms with Gasteiger partial charge in [-0.3, -0.25) is 0 Å². The first-order valence-electron chi connectivity index (χ1n) is 7.06. The molecule has 0 spiro atoms. The van der Waals surface area contributed by atoms with E-state index in [1.54, 1.807) is 12.1 Å². The van der Waals surface area contributed by atoms with Gasteiger partial charge in [-0.05, 0) is 37.8 Å². The summed E-state index contributed by atoms with van der Waals surface area (Å²) in [6, 6.07) is 5.57. The number of aromatic nitrogens is 2. The highest BCUT2D eigenvalue weighted by atomic mass is 16.5. The molecule has 1 aliphatic rings. The largest absolute Gasteiger partial charge is 0.473 e. The number of furan rings is 1. The summed E-state index contributed by atoms with van der Waals surface area (Å²) in [6.07, 6.45) is 7.07. The zero-order valence-electron chi connectivity index (χ0n) is 11.6. The number of nitrogens with two attached hydrogens (primary N) is 1. The molecule has 0 unspecified atom stereocenters. The maximum absolute atomic E-state index is 9.43. The second kappa shape index (κ2) is 5.83. The Hall–Kier alpha value is -2.55. The van der Waals surface area contributed by atoms with Gasteiger partial charge in [0.15, 0.2) is 5.76 Å². The molecule has 1 fully saturated rings. The highest BCUT2D eigenvalue weighted by Gasteiger charge is 2.22. The smallest absolute Gasteiger partial charge is 0.237 e. The number of rotatable bonds is 3. The molecule has 0 aliphatic heterocycles. The molecule has 0 saturated heterocycles. The highest BCUT2D eigenvalue weighted by molar-refractivity contribution is 5.66. The van der Waals surface area contributed by atoms with E-state index in [1.165, 1.54) is 12.7 Å². The third kappa shape index (κ3) is 2.82. The minimum absolute atomic E-state index is 0.0752. The molecule has 2 aromatic rings. The third-order valence-corrected chi connectivity index (χ3v) is 3.59. The summed E-state index contributed by atoms with van der Waals surface area (Å²) in [5.74, 6) is 0.809. The van der Waals surface area contributed by atoms with E-state index >= 15 is 0 Å². The van der Waals surface area contributed by atoms with E-state index in [4.69, 9.17) is 14.9 Å². The lowest BCUT2D eigenvalue weighted by atomic mass is 9.98. The lowest BCUT2D eigenvalue weighted by molar-refractivity contribution is 0.148. The first kappa shape index (κ1) is 13.4. The third-order valence-electron chi connectivity index (χ3n) is 3.59. The van der Waals surface area contributed by atoms with Crippen LogP contribution in [-0.4, -0.2) is 16.1 Å². The van der Waals surface area contributed by atoms with Crippen LogP contribution in [0.5, 0.6) is 5.88 Å². The standard InChI is InChI=1S/C15H16N4O2/c16-9-11-13(12-7-4-8-20-12)18-15(17)19-14(11)21-10-5-2-1-3-6-10/h4,7-8,10H,1-3,5-6H2,(H2,17,18,19). The van der Waals surface area contributed by atoms with Crippen molar-refractivity contribution in [3.05, 3.63) is 24.0 Å². The first-order chi connectivity index (χ1) is 10.3. The molecule has 1 saturated carbocycles. The summed E-state index contributed by atoms with van der Waals surface area (Å²) < 4.78 is 11.2. The van der Waals surface area contributed by atoms with Crippen LogP contribution in [0.2, 0.25) is 0 Å². The number of nitrogen functional groups attached to an aromatic ring is 1. The maximum Gasteiger partial charge on any atom is 0.237 e. The molecule has 2 N–H and O–H groups in total. The number of ether oxygens (including phenoxy) is 1. The summed E-state index contributed by atoms with van der Waals surface area (Å²) in [5, 5.41) is 9.43. The Labute approximate surface area is 122 Å². The van der Waals surface area contributed by atoms with Gasteiger partial charge in [0.05, 0.1) is 6.26 Å². The van der Waals surface area contributed by atoms with Crippen molar-refractivity contribution in [2.45, 2.75) is 38.2 Å². The van der Waals surface area contributed by atoms with Gasteiger partial charge in [0.25, 0.3) is 0 Å². The molecule has 0 amide bonds. The number of nitrogens with zero attached hydrogens (tertiary/aromatic N) is 3. The van der Waals surface area contributed by atoms with E-state index in [0.717, 1.165) is 25.7 Å². The van der Waals surface area contributed by atoms with E-state index in [9.17, 15) is 5.26 Å². The fourth-order valence-corrected chi connectivity index (χ4v) is 2.58.